The third kappa shape index (κ3) is 3.10. The molecule has 0 aliphatic rings. The van der Waals surface area contributed by atoms with Crippen molar-refractivity contribution in [3.05, 3.63) is 28.3 Å². The summed E-state index contributed by atoms with van der Waals surface area (Å²) in [6.07, 6.45) is 0.844. The molecule has 0 aliphatic carbocycles. The Morgan fingerprint density at radius 2 is 2.20 bits per heavy atom. The minimum atomic E-state index is -0.501. The number of nitro groups is 1. The van der Waals surface area contributed by atoms with Crippen molar-refractivity contribution in [3.63, 3.8) is 0 Å². The molecule has 0 aliphatic heterocycles. The zero-order valence-electron chi connectivity index (χ0n) is 8.27. The lowest BCUT2D eigenvalue weighted by molar-refractivity contribution is -0.383. The molecule has 6 heteroatoms. The van der Waals surface area contributed by atoms with Gasteiger partial charge in [0.25, 0.3) is 5.69 Å². The molecule has 1 aromatic carbocycles. The van der Waals surface area contributed by atoms with Crippen molar-refractivity contribution < 1.29 is 4.92 Å². The van der Waals surface area contributed by atoms with Crippen LogP contribution in [0.15, 0.2) is 18.2 Å². The number of nitrogen functional groups attached to an aromatic ring is 1. The lowest BCUT2D eigenvalue weighted by Gasteiger charge is -2.06. The summed E-state index contributed by atoms with van der Waals surface area (Å²) in [7, 11) is 0. The summed E-state index contributed by atoms with van der Waals surface area (Å²) in [5.41, 5.74) is 11.7. The molecule has 0 spiro atoms. The van der Waals surface area contributed by atoms with Crippen LogP contribution in [0.5, 0.6) is 0 Å². The second-order valence-corrected chi connectivity index (χ2v) is 3.10. The monoisotopic (exact) mass is 210 g/mol. The summed E-state index contributed by atoms with van der Waals surface area (Å²) < 4.78 is 0. The highest BCUT2D eigenvalue weighted by molar-refractivity contribution is 5.65. The maximum atomic E-state index is 10.5. The van der Waals surface area contributed by atoms with Gasteiger partial charge in [-0.2, -0.15) is 0 Å². The third-order valence-electron chi connectivity index (χ3n) is 1.93. The van der Waals surface area contributed by atoms with Gasteiger partial charge in [-0.25, -0.2) is 0 Å². The van der Waals surface area contributed by atoms with Gasteiger partial charge in [0.1, 0.15) is 5.69 Å². The number of nitrogens with zero attached hydrogens (tertiary/aromatic N) is 1. The summed E-state index contributed by atoms with van der Waals surface area (Å²) in [6, 6.07) is 4.57. The van der Waals surface area contributed by atoms with Crippen LogP contribution in [0.25, 0.3) is 0 Å². The van der Waals surface area contributed by atoms with Gasteiger partial charge in [-0.3, -0.25) is 10.1 Å². The molecular formula is C9H14N4O2. The van der Waals surface area contributed by atoms with Crippen LogP contribution in [-0.4, -0.2) is 18.0 Å². The molecule has 0 aromatic heterocycles. The molecule has 6 nitrogen and oxygen atoms in total. The largest absolute Gasteiger partial charge is 0.393 e. The molecule has 0 heterocycles. The summed E-state index contributed by atoms with van der Waals surface area (Å²) in [4.78, 5) is 9.98. The second-order valence-electron chi connectivity index (χ2n) is 3.10. The van der Waals surface area contributed by atoms with E-state index in [9.17, 15) is 10.1 Å². The van der Waals surface area contributed by atoms with Crippen LogP contribution in [0, 0.1) is 10.1 Å². The van der Waals surface area contributed by atoms with Gasteiger partial charge in [-0.1, -0.05) is 0 Å². The number of rotatable bonds is 5. The predicted octanol–water partition coefficient (Wildman–Crippen LogP) is 0.938. The number of nitrogens with two attached hydrogens (primary N) is 2. The van der Waals surface area contributed by atoms with Gasteiger partial charge >= 0.3 is 0 Å². The van der Waals surface area contributed by atoms with E-state index >= 15 is 0 Å². The number of anilines is 2. The van der Waals surface area contributed by atoms with Crippen LogP contribution in [0.4, 0.5) is 17.1 Å². The molecule has 0 bridgehead atoms. The van der Waals surface area contributed by atoms with Gasteiger partial charge in [0, 0.05) is 18.3 Å². The summed E-state index contributed by atoms with van der Waals surface area (Å²) in [5, 5.41) is 13.6. The molecule has 0 saturated carbocycles. The maximum absolute atomic E-state index is 10.5. The van der Waals surface area contributed by atoms with E-state index in [1.165, 1.54) is 6.07 Å². The first kappa shape index (κ1) is 11.3. The molecule has 0 fully saturated rings. The molecule has 0 saturated heterocycles. The summed E-state index contributed by atoms with van der Waals surface area (Å²) in [6.45, 7) is 1.34. The zero-order chi connectivity index (χ0) is 11.3. The Bertz CT molecular complexity index is 354. The average molecular weight is 210 g/mol. The van der Waals surface area contributed by atoms with Gasteiger partial charge in [-0.05, 0) is 25.1 Å². The van der Waals surface area contributed by atoms with Crippen molar-refractivity contribution in [1.29, 1.82) is 0 Å². The summed E-state index contributed by atoms with van der Waals surface area (Å²) in [5.74, 6) is 0. The normalized spacial score (nSPS) is 9.93. The molecule has 5 N–H and O–H groups in total. The van der Waals surface area contributed by atoms with Gasteiger partial charge < -0.3 is 16.8 Å². The number of nitrogens with one attached hydrogen (secondary N) is 1. The quantitative estimate of drug-likeness (QED) is 0.290. The number of benzene rings is 1. The Morgan fingerprint density at radius 1 is 1.47 bits per heavy atom. The number of hydrogen-bond donors (Lipinski definition) is 3. The van der Waals surface area contributed by atoms with E-state index in [0.717, 1.165) is 18.7 Å². The van der Waals surface area contributed by atoms with Crippen molar-refractivity contribution in [3.8, 4) is 0 Å². The molecule has 82 valence electrons. The minimum Gasteiger partial charge on any atom is -0.393 e. The van der Waals surface area contributed by atoms with Crippen molar-refractivity contribution in [2.24, 2.45) is 5.73 Å². The fourth-order valence-corrected chi connectivity index (χ4v) is 1.17. The predicted molar refractivity (Wildman–Crippen MR) is 59.7 cm³/mol. The molecule has 1 rings (SSSR count). The van der Waals surface area contributed by atoms with Gasteiger partial charge in [0.2, 0.25) is 0 Å². The smallest absolute Gasteiger partial charge is 0.292 e. The van der Waals surface area contributed by atoms with Gasteiger partial charge in [-0.15, -0.1) is 0 Å². The SMILES string of the molecule is NCCCNc1ccc([N+](=O)[O-])c(N)c1. The van der Waals surface area contributed by atoms with Crippen LogP contribution in [0.2, 0.25) is 0 Å². The van der Waals surface area contributed by atoms with Crippen LogP contribution in [0.1, 0.15) is 6.42 Å². The third-order valence-corrected chi connectivity index (χ3v) is 1.93. The van der Waals surface area contributed by atoms with Crippen molar-refractivity contribution in [2.75, 3.05) is 24.1 Å². The Hall–Kier alpha value is -1.82. The first-order valence-corrected chi connectivity index (χ1v) is 4.63. The fraction of sp³-hybridized carbons (Fsp3) is 0.333. The van der Waals surface area contributed by atoms with Crippen LogP contribution >= 0.6 is 0 Å². The van der Waals surface area contributed by atoms with E-state index in [1.54, 1.807) is 12.1 Å². The molecule has 0 radical (unpaired) electrons. The minimum absolute atomic E-state index is 0.0700. The number of nitro benzene ring substituents is 1. The van der Waals surface area contributed by atoms with E-state index in [1.807, 2.05) is 0 Å². The number of hydrogen-bond acceptors (Lipinski definition) is 5. The van der Waals surface area contributed by atoms with Gasteiger partial charge in [0.15, 0.2) is 0 Å². The Morgan fingerprint density at radius 3 is 2.73 bits per heavy atom. The lowest BCUT2D eigenvalue weighted by atomic mass is 10.2. The Labute approximate surface area is 87.4 Å². The standard InChI is InChI=1S/C9H14N4O2/c10-4-1-5-12-7-2-3-9(13(14)15)8(11)6-7/h2-3,6,12H,1,4-5,10-11H2. The van der Waals surface area contributed by atoms with Crippen molar-refractivity contribution in [1.82, 2.24) is 0 Å². The lowest BCUT2D eigenvalue weighted by Crippen LogP contribution is -2.08. The van der Waals surface area contributed by atoms with E-state index in [4.69, 9.17) is 11.5 Å². The van der Waals surface area contributed by atoms with Crippen LogP contribution < -0.4 is 16.8 Å². The molecule has 15 heavy (non-hydrogen) atoms. The highest BCUT2D eigenvalue weighted by Gasteiger charge is 2.10. The van der Waals surface area contributed by atoms with E-state index < -0.39 is 4.92 Å². The molecule has 0 atom stereocenters. The van der Waals surface area contributed by atoms with E-state index in [0.29, 0.717) is 6.54 Å². The molecule has 1 aromatic rings. The Kier molecular flexibility index (Phi) is 3.87. The maximum Gasteiger partial charge on any atom is 0.292 e. The van der Waals surface area contributed by atoms with Crippen LogP contribution in [-0.2, 0) is 0 Å². The zero-order valence-corrected chi connectivity index (χ0v) is 8.27. The van der Waals surface area contributed by atoms with Crippen LogP contribution in [0.3, 0.4) is 0 Å². The van der Waals surface area contributed by atoms with E-state index in [2.05, 4.69) is 5.32 Å². The molecule has 0 amide bonds. The Balaban J connectivity index is 2.69. The first-order chi connectivity index (χ1) is 7.15. The second kappa shape index (κ2) is 5.16. The molecule has 0 unspecified atom stereocenters. The highest BCUT2D eigenvalue weighted by Crippen LogP contribution is 2.24. The average Bonchev–Trinajstić information content (AvgIpc) is 2.17. The van der Waals surface area contributed by atoms with E-state index in [-0.39, 0.29) is 11.4 Å². The first-order valence-electron chi connectivity index (χ1n) is 4.63. The topological polar surface area (TPSA) is 107 Å². The van der Waals surface area contributed by atoms with Crippen molar-refractivity contribution >= 4 is 17.1 Å². The fourth-order valence-electron chi connectivity index (χ4n) is 1.17. The van der Waals surface area contributed by atoms with Crippen molar-refractivity contribution in [2.45, 2.75) is 6.42 Å². The summed E-state index contributed by atoms with van der Waals surface area (Å²) >= 11 is 0. The highest BCUT2D eigenvalue weighted by atomic mass is 16.6. The molecular weight excluding hydrogens is 196 g/mol. The van der Waals surface area contributed by atoms with Gasteiger partial charge in [0.05, 0.1) is 4.92 Å².